The summed E-state index contributed by atoms with van der Waals surface area (Å²) in [6, 6.07) is 5.05. The van der Waals surface area contributed by atoms with Crippen LogP contribution in [0.2, 0.25) is 0 Å². The van der Waals surface area contributed by atoms with Crippen molar-refractivity contribution in [3.8, 4) is 11.5 Å². The van der Waals surface area contributed by atoms with Crippen LogP contribution in [0.3, 0.4) is 0 Å². The average Bonchev–Trinajstić information content (AvgIpc) is 2.45. The van der Waals surface area contributed by atoms with Gasteiger partial charge in [-0.05, 0) is 26.8 Å². The highest BCUT2D eigenvalue weighted by Crippen LogP contribution is 2.30. The Morgan fingerprint density at radius 3 is 2.73 bits per heavy atom. The van der Waals surface area contributed by atoms with Crippen molar-refractivity contribution in [1.82, 2.24) is 10.2 Å². The van der Waals surface area contributed by atoms with Crippen molar-refractivity contribution in [2.45, 2.75) is 32.4 Å². The van der Waals surface area contributed by atoms with Gasteiger partial charge in [0.25, 0.3) is 0 Å². The number of benzene rings is 1. The molecule has 0 aliphatic carbocycles. The number of nitrogens with zero attached hydrogens (tertiary/aromatic N) is 1. The van der Waals surface area contributed by atoms with Gasteiger partial charge in [-0.2, -0.15) is 0 Å². The third-order valence-corrected chi connectivity index (χ3v) is 3.44. The van der Waals surface area contributed by atoms with E-state index >= 15 is 0 Å². The molecule has 1 heterocycles. The number of phenols is 1. The molecule has 1 aromatic rings. The second kappa shape index (κ2) is 6.44. The first-order chi connectivity index (χ1) is 10.3. The minimum atomic E-state index is -0.514. The van der Waals surface area contributed by atoms with Gasteiger partial charge in [-0.25, -0.2) is 4.79 Å². The zero-order chi connectivity index (χ0) is 16.3. The molecule has 6 nitrogen and oxygen atoms in total. The van der Waals surface area contributed by atoms with E-state index in [9.17, 15) is 9.90 Å². The SMILES string of the molecule is COc1ccc(C2CN(C(=O)OC(C)(C)C)CCN2)c(O)c1. The second-order valence-electron chi connectivity index (χ2n) is 6.36. The molecule has 1 aliphatic rings. The van der Waals surface area contributed by atoms with Gasteiger partial charge in [-0.1, -0.05) is 6.07 Å². The lowest BCUT2D eigenvalue weighted by Crippen LogP contribution is -2.49. The molecule has 0 bridgehead atoms. The van der Waals surface area contributed by atoms with E-state index in [-0.39, 0.29) is 17.9 Å². The number of methoxy groups -OCH3 is 1. The predicted octanol–water partition coefficient (Wildman–Crippen LogP) is 2.28. The van der Waals surface area contributed by atoms with Gasteiger partial charge in [0.15, 0.2) is 0 Å². The highest BCUT2D eigenvalue weighted by atomic mass is 16.6. The molecule has 6 heteroatoms. The lowest BCUT2D eigenvalue weighted by Gasteiger charge is -2.35. The Labute approximate surface area is 131 Å². The second-order valence-corrected chi connectivity index (χ2v) is 6.36. The van der Waals surface area contributed by atoms with Crippen LogP contribution in [0.1, 0.15) is 32.4 Å². The van der Waals surface area contributed by atoms with Crippen molar-refractivity contribution in [3.05, 3.63) is 23.8 Å². The average molecular weight is 308 g/mol. The number of aromatic hydroxyl groups is 1. The lowest BCUT2D eigenvalue weighted by atomic mass is 10.0. The van der Waals surface area contributed by atoms with Gasteiger partial charge in [0.2, 0.25) is 0 Å². The number of piperazine rings is 1. The van der Waals surface area contributed by atoms with E-state index in [1.165, 1.54) is 0 Å². The van der Waals surface area contributed by atoms with Gasteiger partial charge >= 0.3 is 6.09 Å². The van der Waals surface area contributed by atoms with Gasteiger partial charge < -0.3 is 24.8 Å². The van der Waals surface area contributed by atoms with E-state index in [2.05, 4.69) is 5.32 Å². The number of hydrogen-bond donors (Lipinski definition) is 2. The van der Waals surface area contributed by atoms with Crippen molar-refractivity contribution in [2.75, 3.05) is 26.7 Å². The summed E-state index contributed by atoms with van der Waals surface area (Å²) in [6.07, 6.45) is -0.327. The molecule has 0 saturated carbocycles. The molecule has 1 unspecified atom stereocenters. The zero-order valence-corrected chi connectivity index (χ0v) is 13.5. The minimum Gasteiger partial charge on any atom is -0.507 e. The van der Waals surface area contributed by atoms with E-state index in [0.29, 0.717) is 25.4 Å². The van der Waals surface area contributed by atoms with Crippen LogP contribution in [0.5, 0.6) is 11.5 Å². The fraction of sp³-hybridized carbons (Fsp3) is 0.562. The Balaban J connectivity index is 2.09. The third kappa shape index (κ3) is 4.04. The van der Waals surface area contributed by atoms with Crippen LogP contribution in [0.15, 0.2) is 18.2 Å². The monoisotopic (exact) mass is 308 g/mol. The molecule has 0 spiro atoms. The molecule has 1 aliphatic heterocycles. The maximum atomic E-state index is 12.2. The minimum absolute atomic E-state index is 0.132. The number of rotatable bonds is 2. The van der Waals surface area contributed by atoms with E-state index in [0.717, 1.165) is 5.56 Å². The first kappa shape index (κ1) is 16.4. The van der Waals surface area contributed by atoms with Crippen LogP contribution >= 0.6 is 0 Å². The Bertz CT molecular complexity index is 539. The normalized spacial score (nSPS) is 18.9. The molecule has 0 aromatic heterocycles. The first-order valence-electron chi connectivity index (χ1n) is 7.38. The Morgan fingerprint density at radius 1 is 1.41 bits per heavy atom. The van der Waals surface area contributed by atoms with Gasteiger partial charge in [0.05, 0.1) is 13.2 Å². The molecule has 1 atom stereocenters. The number of carbonyl (C=O) groups is 1. The summed E-state index contributed by atoms with van der Waals surface area (Å²) < 4.78 is 10.5. The maximum absolute atomic E-state index is 12.2. The van der Waals surface area contributed by atoms with E-state index in [1.807, 2.05) is 26.8 Å². The number of carbonyl (C=O) groups excluding carboxylic acids is 1. The number of nitrogens with one attached hydrogen (secondary N) is 1. The maximum Gasteiger partial charge on any atom is 0.410 e. The molecular formula is C16H24N2O4. The summed E-state index contributed by atoms with van der Waals surface area (Å²) in [7, 11) is 1.55. The van der Waals surface area contributed by atoms with Crippen molar-refractivity contribution in [1.29, 1.82) is 0 Å². The summed E-state index contributed by atoms with van der Waals surface area (Å²) in [5.41, 5.74) is 0.230. The van der Waals surface area contributed by atoms with Crippen molar-refractivity contribution in [3.63, 3.8) is 0 Å². The molecule has 122 valence electrons. The number of hydrogen-bond acceptors (Lipinski definition) is 5. The molecule has 0 radical (unpaired) electrons. The molecule has 1 amide bonds. The van der Waals surface area contributed by atoms with Gasteiger partial charge in [-0.15, -0.1) is 0 Å². The van der Waals surface area contributed by atoms with Crippen molar-refractivity contribution >= 4 is 6.09 Å². The molecular weight excluding hydrogens is 284 g/mol. The molecule has 2 rings (SSSR count). The fourth-order valence-corrected chi connectivity index (χ4v) is 2.40. The highest BCUT2D eigenvalue weighted by Gasteiger charge is 2.29. The number of phenolic OH excluding ortho intramolecular Hbond substituents is 1. The highest BCUT2D eigenvalue weighted by molar-refractivity contribution is 5.68. The van der Waals surface area contributed by atoms with E-state index < -0.39 is 5.60 Å². The standard InChI is InChI=1S/C16H24N2O4/c1-16(2,3)22-15(20)18-8-7-17-13(10-18)12-6-5-11(21-4)9-14(12)19/h5-6,9,13,17,19H,7-8,10H2,1-4H3. The third-order valence-electron chi connectivity index (χ3n) is 3.44. The molecule has 1 saturated heterocycles. The Hall–Kier alpha value is -1.95. The summed E-state index contributed by atoms with van der Waals surface area (Å²) >= 11 is 0. The number of ether oxygens (including phenoxy) is 2. The summed E-state index contributed by atoms with van der Waals surface area (Å²) in [5, 5.41) is 13.4. The van der Waals surface area contributed by atoms with Crippen molar-refractivity contribution in [2.24, 2.45) is 0 Å². The summed E-state index contributed by atoms with van der Waals surface area (Å²) in [6.45, 7) is 7.23. The summed E-state index contributed by atoms with van der Waals surface area (Å²) in [4.78, 5) is 13.8. The van der Waals surface area contributed by atoms with Gasteiger partial charge in [-0.3, -0.25) is 0 Å². The quantitative estimate of drug-likeness (QED) is 0.877. The summed E-state index contributed by atoms with van der Waals surface area (Å²) in [5.74, 6) is 0.754. The fourth-order valence-electron chi connectivity index (χ4n) is 2.40. The molecule has 1 fully saturated rings. The predicted molar refractivity (Wildman–Crippen MR) is 83.2 cm³/mol. The Morgan fingerprint density at radius 2 is 2.14 bits per heavy atom. The van der Waals surface area contributed by atoms with Crippen LogP contribution in [0.25, 0.3) is 0 Å². The van der Waals surface area contributed by atoms with Crippen LogP contribution in [-0.2, 0) is 4.74 Å². The molecule has 1 aromatic carbocycles. The smallest absolute Gasteiger partial charge is 0.410 e. The Kier molecular flexibility index (Phi) is 4.81. The lowest BCUT2D eigenvalue weighted by molar-refractivity contribution is 0.0194. The van der Waals surface area contributed by atoms with Crippen LogP contribution in [0, 0.1) is 0 Å². The number of amides is 1. The molecule has 22 heavy (non-hydrogen) atoms. The molecule has 2 N–H and O–H groups in total. The largest absolute Gasteiger partial charge is 0.507 e. The van der Waals surface area contributed by atoms with Crippen LogP contribution in [0.4, 0.5) is 4.79 Å². The topological polar surface area (TPSA) is 71.0 Å². The van der Waals surface area contributed by atoms with Gasteiger partial charge in [0.1, 0.15) is 17.1 Å². The van der Waals surface area contributed by atoms with E-state index in [1.54, 1.807) is 24.1 Å². The van der Waals surface area contributed by atoms with Crippen LogP contribution < -0.4 is 10.1 Å². The van der Waals surface area contributed by atoms with Crippen LogP contribution in [-0.4, -0.2) is 48.4 Å². The zero-order valence-electron chi connectivity index (χ0n) is 13.5. The van der Waals surface area contributed by atoms with E-state index in [4.69, 9.17) is 9.47 Å². The van der Waals surface area contributed by atoms with Gasteiger partial charge in [0, 0.05) is 31.3 Å². The first-order valence-corrected chi connectivity index (χ1v) is 7.38. The van der Waals surface area contributed by atoms with Crippen molar-refractivity contribution < 1.29 is 19.4 Å².